The Labute approximate surface area is 382 Å². The molecule has 4 rings (SSSR count). The molecule has 16 nitrogen and oxygen atoms in total. The van der Waals surface area contributed by atoms with Crippen LogP contribution in [0.4, 0.5) is 9.59 Å². The van der Waals surface area contributed by atoms with Gasteiger partial charge in [-0.25, -0.2) is 19.2 Å². The van der Waals surface area contributed by atoms with Crippen molar-refractivity contribution in [2.75, 3.05) is 14.2 Å². The zero-order valence-electron chi connectivity index (χ0n) is 37.0. The van der Waals surface area contributed by atoms with Crippen LogP contribution in [-0.2, 0) is 54.8 Å². The summed E-state index contributed by atoms with van der Waals surface area (Å²) in [6.07, 6.45) is 6.87. The average molecular weight is 909 g/mol. The number of nitrogens with zero attached hydrogens (tertiary/aromatic N) is 2. The second-order valence-corrected chi connectivity index (χ2v) is 15.2. The summed E-state index contributed by atoms with van der Waals surface area (Å²) in [4.78, 5) is 72.5. The third kappa shape index (κ3) is 19.7. The molecule has 4 atom stereocenters. The van der Waals surface area contributed by atoms with E-state index in [9.17, 15) is 28.8 Å². The van der Waals surface area contributed by atoms with Crippen LogP contribution >= 0.6 is 0 Å². The van der Waals surface area contributed by atoms with Gasteiger partial charge in [-0.3, -0.25) is 9.59 Å². The number of rotatable bonds is 18. The number of pyridine rings is 2. The number of nitrogens with one attached hydrogen (secondary N) is 4. The van der Waals surface area contributed by atoms with E-state index in [-0.39, 0.29) is 69.0 Å². The molecule has 4 N–H and O–H groups in total. The molecule has 4 amide bonds. The van der Waals surface area contributed by atoms with Crippen LogP contribution in [0.1, 0.15) is 80.8 Å². The summed E-state index contributed by atoms with van der Waals surface area (Å²) in [7, 11) is 2.57. The SMILES string of the molecule is C.COC(=O)[C@@H](NC(=O)c1cc[n+](COC(=O)N[C@@H](C)Cc2ccccc2)cc1)C(C)C.COC(=O)[C@@H](NC(=O)c1cc[n+](COC(=O)N[C@@H](C)Cc2ccccc2)cc1)C(C)C.[Cl-]. The standard InChI is InChI=1S/2C23H29N3O5.CH4.ClH/c2*1-16(2)20(22(28)30-4)25-21(27)19-10-12-26(13-11-19)15-31-23(29)24-17(3)14-18-8-6-5-7-9-18;;/h2*5-13,16-17,20H,14-15H2,1-4H3,(H-,24,25,27,29);1H4;1H/p+1/t2*17-,20-;;/m00../s1. The van der Waals surface area contributed by atoms with E-state index in [0.717, 1.165) is 11.1 Å². The first kappa shape index (κ1) is 55.5. The molecular weight excluding hydrogens is 844 g/mol. The number of hydrogen-bond acceptors (Lipinski definition) is 10. The van der Waals surface area contributed by atoms with Crippen molar-refractivity contribution in [2.45, 2.75) is 99.4 Å². The second-order valence-electron chi connectivity index (χ2n) is 15.2. The number of esters is 2. The van der Waals surface area contributed by atoms with Crippen molar-refractivity contribution in [3.05, 3.63) is 132 Å². The van der Waals surface area contributed by atoms with Crippen molar-refractivity contribution in [1.29, 1.82) is 0 Å². The van der Waals surface area contributed by atoms with Crippen LogP contribution < -0.4 is 42.8 Å². The van der Waals surface area contributed by atoms with E-state index in [0.29, 0.717) is 24.0 Å². The van der Waals surface area contributed by atoms with Gasteiger partial charge in [0.2, 0.25) is 0 Å². The first-order chi connectivity index (χ1) is 29.6. The summed E-state index contributed by atoms with van der Waals surface area (Å²) in [5.41, 5.74) is 3.02. The van der Waals surface area contributed by atoms with Gasteiger partial charge in [0.15, 0.2) is 24.8 Å². The molecule has 0 aliphatic rings. The third-order valence-electron chi connectivity index (χ3n) is 9.31. The predicted octanol–water partition coefficient (Wildman–Crippen LogP) is 2.07. The number of alkyl carbamates (subject to hydrolysis) is 2. The Morgan fingerprint density at radius 3 is 1.09 bits per heavy atom. The molecule has 0 saturated carbocycles. The Bertz CT molecular complexity index is 1890. The Kier molecular flexibility index (Phi) is 25.1. The summed E-state index contributed by atoms with van der Waals surface area (Å²) >= 11 is 0. The molecule has 0 aliphatic carbocycles. The highest BCUT2D eigenvalue weighted by atomic mass is 35.5. The summed E-state index contributed by atoms with van der Waals surface area (Å²) in [6, 6.07) is 24.5. The Balaban J connectivity index is 0.000000621. The Hall–Kier alpha value is -6.55. The smallest absolute Gasteiger partial charge is 0.412 e. The normalized spacial score (nSPS) is 12.2. The van der Waals surface area contributed by atoms with E-state index in [2.05, 4.69) is 21.3 Å². The van der Waals surface area contributed by atoms with Crippen molar-refractivity contribution < 1.29 is 69.3 Å². The fourth-order valence-corrected chi connectivity index (χ4v) is 5.88. The van der Waals surface area contributed by atoms with Crippen molar-refractivity contribution in [1.82, 2.24) is 21.3 Å². The molecule has 0 saturated heterocycles. The van der Waals surface area contributed by atoms with Gasteiger partial charge in [-0.2, -0.15) is 9.13 Å². The molecule has 0 bridgehead atoms. The Morgan fingerprint density at radius 2 is 0.812 bits per heavy atom. The lowest BCUT2D eigenvalue weighted by molar-refractivity contribution is -0.727. The van der Waals surface area contributed by atoms with Gasteiger partial charge in [-0.1, -0.05) is 95.8 Å². The lowest BCUT2D eigenvalue weighted by Crippen LogP contribution is -3.00. The third-order valence-corrected chi connectivity index (χ3v) is 9.31. The van der Waals surface area contributed by atoms with Crippen molar-refractivity contribution in [3.8, 4) is 0 Å². The quantitative estimate of drug-likeness (QED) is 0.0653. The maximum Gasteiger partial charge on any atom is 0.412 e. The largest absolute Gasteiger partial charge is 1.00 e. The van der Waals surface area contributed by atoms with E-state index in [1.807, 2.05) is 102 Å². The van der Waals surface area contributed by atoms with Crippen molar-refractivity contribution in [3.63, 3.8) is 0 Å². The van der Waals surface area contributed by atoms with Gasteiger partial charge in [0, 0.05) is 36.3 Å². The van der Waals surface area contributed by atoms with Crippen molar-refractivity contribution in [2.24, 2.45) is 11.8 Å². The highest BCUT2D eigenvalue weighted by molar-refractivity contribution is 5.97. The number of amides is 4. The molecule has 348 valence electrons. The molecule has 2 heterocycles. The minimum Gasteiger partial charge on any atom is -1.00 e. The average Bonchev–Trinajstić information content (AvgIpc) is 3.26. The van der Waals surface area contributed by atoms with Gasteiger partial charge in [-0.05, 0) is 49.7 Å². The van der Waals surface area contributed by atoms with Crippen molar-refractivity contribution >= 4 is 35.9 Å². The van der Waals surface area contributed by atoms with E-state index in [1.165, 1.54) is 14.2 Å². The summed E-state index contributed by atoms with van der Waals surface area (Å²) in [5.74, 6) is -1.97. The zero-order valence-corrected chi connectivity index (χ0v) is 37.8. The first-order valence-electron chi connectivity index (χ1n) is 20.3. The first-order valence-corrected chi connectivity index (χ1v) is 20.3. The van der Waals surface area contributed by atoms with Crippen LogP contribution in [0.15, 0.2) is 110 Å². The minimum atomic E-state index is -0.727. The highest BCUT2D eigenvalue weighted by Crippen LogP contribution is 2.08. The Morgan fingerprint density at radius 1 is 0.500 bits per heavy atom. The molecule has 4 aromatic rings. The van der Waals surface area contributed by atoms with Gasteiger partial charge in [0.05, 0.1) is 25.3 Å². The fourth-order valence-electron chi connectivity index (χ4n) is 5.88. The molecule has 0 fully saturated rings. The molecule has 2 aromatic carbocycles. The molecule has 2 aromatic heterocycles. The van der Waals surface area contributed by atoms with Gasteiger partial charge in [0.1, 0.15) is 12.1 Å². The van der Waals surface area contributed by atoms with Gasteiger partial charge >= 0.3 is 24.1 Å². The van der Waals surface area contributed by atoms with Crippen LogP contribution in [0.2, 0.25) is 0 Å². The summed E-state index contributed by atoms with van der Waals surface area (Å²) < 4.78 is 23.2. The molecule has 0 aliphatic heterocycles. The second kappa shape index (κ2) is 28.9. The lowest BCUT2D eigenvalue weighted by atomic mass is 10.0. The van der Waals surface area contributed by atoms with E-state index < -0.39 is 36.2 Å². The number of ether oxygens (including phenoxy) is 4. The van der Waals surface area contributed by atoms with Crippen LogP contribution in [0.25, 0.3) is 0 Å². The van der Waals surface area contributed by atoms with Crippen LogP contribution in [0, 0.1) is 11.8 Å². The molecule has 0 unspecified atom stereocenters. The number of aromatic nitrogens is 2. The maximum atomic E-state index is 12.4. The summed E-state index contributed by atoms with van der Waals surface area (Å²) in [6.45, 7) is 11.1. The number of methoxy groups -OCH3 is 2. The molecule has 0 spiro atoms. The monoisotopic (exact) mass is 907 g/mol. The van der Waals surface area contributed by atoms with Crippen LogP contribution in [-0.4, -0.2) is 74.3 Å². The topological polar surface area (TPSA) is 195 Å². The molecule has 64 heavy (non-hydrogen) atoms. The zero-order chi connectivity index (χ0) is 45.6. The number of carbonyl (C=O) groups excluding carboxylic acids is 6. The van der Waals surface area contributed by atoms with Gasteiger partial charge in [0.25, 0.3) is 25.3 Å². The van der Waals surface area contributed by atoms with E-state index in [4.69, 9.17) is 18.9 Å². The maximum absolute atomic E-state index is 12.4. The minimum absolute atomic E-state index is 0. The molecule has 0 radical (unpaired) electrons. The van der Waals surface area contributed by atoms with Gasteiger partial charge < -0.3 is 52.6 Å². The van der Waals surface area contributed by atoms with Crippen LogP contribution in [0.3, 0.4) is 0 Å². The summed E-state index contributed by atoms with van der Waals surface area (Å²) in [5, 5.41) is 10.9. The van der Waals surface area contributed by atoms with Crippen LogP contribution in [0.5, 0.6) is 0 Å². The number of benzene rings is 2. The fraction of sp³-hybridized carbons (Fsp3) is 0.404. The van der Waals surface area contributed by atoms with Gasteiger partial charge in [-0.15, -0.1) is 0 Å². The number of halogens is 1. The van der Waals surface area contributed by atoms with E-state index in [1.54, 1.807) is 58.2 Å². The lowest BCUT2D eigenvalue weighted by Gasteiger charge is -2.19. The molecule has 17 heteroatoms. The molecular formula is C47H64ClN6O10+. The predicted molar refractivity (Wildman–Crippen MR) is 235 cm³/mol. The number of carbonyl (C=O) groups is 6. The highest BCUT2D eigenvalue weighted by Gasteiger charge is 2.27. The van der Waals surface area contributed by atoms with E-state index >= 15 is 0 Å². The number of hydrogen-bond donors (Lipinski definition) is 4.